The summed E-state index contributed by atoms with van der Waals surface area (Å²) in [6, 6.07) is 15.6. The summed E-state index contributed by atoms with van der Waals surface area (Å²) in [7, 11) is 0. The van der Waals surface area contributed by atoms with Crippen molar-refractivity contribution >= 4 is 10.8 Å². The van der Waals surface area contributed by atoms with Gasteiger partial charge >= 0.3 is 0 Å². The first kappa shape index (κ1) is 27.9. The predicted molar refractivity (Wildman–Crippen MR) is 148 cm³/mol. The average Bonchev–Trinajstić information content (AvgIpc) is 2.85. The minimum absolute atomic E-state index is 0.806. The zero-order chi connectivity index (χ0) is 23.2. The molecular weight excluding hydrogens is 400 g/mol. The van der Waals surface area contributed by atoms with Crippen molar-refractivity contribution < 1.29 is 0 Å². The summed E-state index contributed by atoms with van der Waals surface area (Å²) in [5.41, 5.74) is 7.02. The molecule has 2 aromatic carbocycles. The van der Waals surface area contributed by atoms with E-state index in [0.29, 0.717) is 0 Å². The van der Waals surface area contributed by atoms with Gasteiger partial charge in [-0.15, -0.1) is 0 Å². The van der Waals surface area contributed by atoms with Crippen LogP contribution in [0.4, 0.5) is 0 Å². The molecule has 0 saturated carbocycles. The number of benzene rings is 2. The Morgan fingerprint density at radius 2 is 0.970 bits per heavy atom. The largest absolute Gasteiger partial charge is 0.330 e. The topological polar surface area (TPSA) is 38.0 Å². The van der Waals surface area contributed by atoms with Gasteiger partial charge in [0.1, 0.15) is 0 Å². The Morgan fingerprint density at radius 3 is 1.58 bits per heavy atom. The second kappa shape index (κ2) is 20.0. The number of rotatable bonds is 22. The predicted octanol–water partition coefficient (Wildman–Crippen LogP) is 8.56. The first-order valence-corrected chi connectivity index (χ1v) is 14.3. The molecule has 2 heteroatoms. The van der Waals surface area contributed by atoms with Gasteiger partial charge in [-0.1, -0.05) is 132 Å². The first-order valence-electron chi connectivity index (χ1n) is 14.3. The lowest BCUT2D eigenvalue weighted by Gasteiger charge is -2.07. The molecule has 0 amide bonds. The highest BCUT2D eigenvalue weighted by atomic mass is 14.8. The average molecular weight is 453 g/mol. The van der Waals surface area contributed by atoms with Gasteiger partial charge in [-0.25, -0.2) is 0 Å². The van der Waals surface area contributed by atoms with Crippen LogP contribution in [0, 0.1) is 0 Å². The molecule has 0 spiro atoms. The second-order valence-corrected chi connectivity index (χ2v) is 9.94. The maximum atomic E-state index is 5.50. The molecule has 2 aromatic rings. The Balaban J connectivity index is 1.28. The van der Waals surface area contributed by atoms with Gasteiger partial charge in [0.25, 0.3) is 0 Å². The minimum atomic E-state index is 0.806. The molecule has 0 aromatic heterocycles. The molecule has 0 aliphatic carbocycles. The van der Waals surface area contributed by atoms with E-state index in [9.17, 15) is 0 Å². The van der Waals surface area contributed by atoms with Gasteiger partial charge in [0.15, 0.2) is 0 Å². The molecule has 186 valence electrons. The standard InChI is InChI=1S/C31H52N2/c32-26-20-28-33-27-18-14-12-10-8-6-4-2-1-3-5-7-9-11-13-15-21-29-23-19-24-30-22-16-17-25-31(29)30/h16-17,19,22-25,33H,1-15,18,20-21,26-28,32H2. The highest BCUT2D eigenvalue weighted by Crippen LogP contribution is 2.21. The maximum absolute atomic E-state index is 5.50. The number of aryl methyl sites for hydroxylation is 1. The van der Waals surface area contributed by atoms with Crippen molar-refractivity contribution in [1.82, 2.24) is 5.32 Å². The lowest BCUT2D eigenvalue weighted by molar-refractivity contribution is 0.523. The normalized spacial score (nSPS) is 11.4. The fourth-order valence-corrected chi connectivity index (χ4v) is 4.90. The van der Waals surface area contributed by atoms with Crippen molar-refractivity contribution in [2.75, 3.05) is 19.6 Å². The Kier molecular flexibility index (Phi) is 16.9. The Morgan fingerprint density at radius 1 is 0.485 bits per heavy atom. The lowest BCUT2D eigenvalue weighted by Crippen LogP contribution is -2.19. The van der Waals surface area contributed by atoms with E-state index >= 15 is 0 Å². The van der Waals surface area contributed by atoms with E-state index in [4.69, 9.17) is 5.73 Å². The van der Waals surface area contributed by atoms with Gasteiger partial charge in [-0.3, -0.25) is 0 Å². The summed E-state index contributed by atoms with van der Waals surface area (Å²) in [5.74, 6) is 0. The number of nitrogens with two attached hydrogens (primary N) is 1. The van der Waals surface area contributed by atoms with Gasteiger partial charge in [0, 0.05) is 0 Å². The van der Waals surface area contributed by atoms with Crippen molar-refractivity contribution in [3.63, 3.8) is 0 Å². The summed E-state index contributed by atoms with van der Waals surface area (Å²) < 4.78 is 0. The van der Waals surface area contributed by atoms with Crippen LogP contribution in [-0.2, 0) is 6.42 Å². The number of nitrogens with one attached hydrogen (secondary N) is 1. The van der Waals surface area contributed by atoms with Crippen LogP contribution in [0.25, 0.3) is 10.8 Å². The van der Waals surface area contributed by atoms with Crippen LogP contribution in [0.5, 0.6) is 0 Å². The summed E-state index contributed by atoms with van der Waals surface area (Å²) >= 11 is 0. The van der Waals surface area contributed by atoms with E-state index < -0.39 is 0 Å². The third kappa shape index (κ3) is 13.8. The molecule has 33 heavy (non-hydrogen) atoms. The Bertz CT molecular complexity index is 691. The number of hydrogen-bond acceptors (Lipinski definition) is 2. The molecule has 0 atom stereocenters. The van der Waals surface area contributed by atoms with Crippen molar-refractivity contribution in [1.29, 1.82) is 0 Å². The third-order valence-electron chi connectivity index (χ3n) is 6.99. The molecule has 2 rings (SSSR count). The number of hydrogen-bond donors (Lipinski definition) is 2. The van der Waals surface area contributed by atoms with Crippen LogP contribution in [-0.4, -0.2) is 19.6 Å². The zero-order valence-corrected chi connectivity index (χ0v) is 21.5. The van der Waals surface area contributed by atoms with Crippen molar-refractivity contribution in [3.05, 3.63) is 48.0 Å². The van der Waals surface area contributed by atoms with Crippen LogP contribution in [0.2, 0.25) is 0 Å². The van der Waals surface area contributed by atoms with E-state index in [1.165, 1.54) is 132 Å². The molecule has 3 N–H and O–H groups in total. The van der Waals surface area contributed by atoms with Gasteiger partial charge in [-0.05, 0) is 61.7 Å². The van der Waals surface area contributed by atoms with E-state index in [1.807, 2.05) is 0 Å². The minimum Gasteiger partial charge on any atom is -0.330 e. The molecule has 0 radical (unpaired) electrons. The third-order valence-corrected chi connectivity index (χ3v) is 6.99. The SMILES string of the molecule is NCCCNCCCCCCCCCCCCCCCCCCc1cccc2ccccc12. The van der Waals surface area contributed by atoms with E-state index in [2.05, 4.69) is 47.8 Å². The number of unbranched alkanes of at least 4 members (excludes halogenated alkanes) is 15. The van der Waals surface area contributed by atoms with Gasteiger partial charge in [-0.2, -0.15) is 0 Å². The fourth-order valence-electron chi connectivity index (χ4n) is 4.90. The van der Waals surface area contributed by atoms with E-state index in [-0.39, 0.29) is 0 Å². The highest BCUT2D eigenvalue weighted by Gasteiger charge is 2.00. The molecule has 2 nitrogen and oxygen atoms in total. The number of fused-ring (bicyclic) bond motifs is 1. The molecule has 0 aliphatic heterocycles. The summed E-state index contributed by atoms with van der Waals surface area (Å²) in [5, 5.41) is 6.30. The van der Waals surface area contributed by atoms with E-state index in [0.717, 1.165) is 19.5 Å². The van der Waals surface area contributed by atoms with E-state index in [1.54, 1.807) is 0 Å². The maximum Gasteiger partial charge on any atom is -0.00369 e. The molecular formula is C31H52N2. The molecule has 0 heterocycles. The zero-order valence-electron chi connectivity index (χ0n) is 21.5. The summed E-state index contributed by atoms with van der Waals surface area (Å²) in [6.07, 6.45) is 25.1. The van der Waals surface area contributed by atoms with Gasteiger partial charge < -0.3 is 11.1 Å². The Hall–Kier alpha value is -1.38. The summed E-state index contributed by atoms with van der Waals surface area (Å²) in [6.45, 7) is 3.06. The van der Waals surface area contributed by atoms with Crippen LogP contribution >= 0.6 is 0 Å². The smallest absolute Gasteiger partial charge is 0.00369 e. The van der Waals surface area contributed by atoms with Crippen LogP contribution in [0.15, 0.2) is 42.5 Å². The van der Waals surface area contributed by atoms with Crippen LogP contribution in [0.1, 0.15) is 115 Å². The van der Waals surface area contributed by atoms with Gasteiger partial charge in [0.2, 0.25) is 0 Å². The fraction of sp³-hybridized carbons (Fsp3) is 0.677. The Labute approximate surface area is 205 Å². The van der Waals surface area contributed by atoms with Crippen molar-refractivity contribution in [2.45, 2.75) is 116 Å². The summed E-state index contributed by atoms with van der Waals surface area (Å²) in [4.78, 5) is 0. The molecule has 0 saturated heterocycles. The lowest BCUT2D eigenvalue weighted by atomic mass is 9.99. The molecule has 0 bridgehead atoms. The van der Waals surface area contributed by atoms with Crippen molar-refractivity contribution in [3.8, 4) is 0 Å². The molecule has 0 aliphatic rings. The molecule has 0 unspecified atom stereocenters. The molecule has 0 fully saturated rings. The quantitative estimate of drug-likeness (QED) is 0.176. The monoisotopic (exact) mass is 452 g/mol. The second-order valence-electron chi connectivity index (χ2n) is 9.94. The highest BCUT2D eigenvalue weighted by molar-refractivity contribution is 5.85. The van der Waals surface area contributed by atoms with Crippen LogP contribution in [0.3, 0.4) is 0 Å². The van der Waals surface area contributed by atoms with Crippen molar-refractivity contribution in [2.24, 2.45) is 5.73 Å². The van der Waals surface area contributed by atoms with Crippen LogP contribution < -0.4 is 11.1 Å². The van der Waals surface area contributed by atoms with Gasteiger partial charge in [0.05, 0.1) is 0 Å². The first-order chi connectivity index (χ1) is 16.4.